The van der Waals surface area contributed by atoms with Crippen LogP contribution in [0.5, 0.6) is 0 Å². The van der Waals surface area contributed by atoms with Crippen LogP contribution in [0, 0.1) is 5.92 Å². The normalized spacial score (nSPS) is 11.9. The molecule has 0 aromatic carbocycles. The van der Waals surface area contributed by atoms with Gasteiger partial charge in [-0.15, -0.1) is 4.58 Å². The van der Waals surface area contributed by atoms with E-state index >= 15 is 0 Å². The number of carbonyl (C=O) groups is 1. The molecule has 0 heterocycles. The second kappa shape index (κ2) is 6.09. The molecule has 0 spiro atoms. The molecule has 0 rings (SSSR count). The Morgan fingerprint density at radius 1 is 1.07 bits per heavy atom. The molecule has 0 aromatic heterocycles. The minimum Gasteiger partial charge on any atom is -0.353 e. The Balaban J connectivity index is 4.12. The summed E-state index contributed by atoms with van der Waals surface area (Å²) in [4.78, 5) is 15.5. The number of rotatable bonds is 6. The van der Waals surface area contributed by atoms with E-state index in [-0.39, 0.29) is 5.92 Å². The monoisotopic (exact) mass is 224 g/mol. The fraction of sp³-hybridized carbons (Fsp3) is 0.857. The van der Waals surface area contributed by atoms with Crippen LogP contribution in [-0.2, 0) is 27.5 Å². The molecule has 0 fully saturated rings. The van der Waals surface area contributed by atoms with Crippen LogP contribution in [-0.4, -0.2) is 36.3 Å². The first-order valence-corrected chi connectivity index (χ1v) is 5.69. The van der Waals surface area contributed by atoms with Crippen molar-refractivity contribution in [3.8, 4) is 0 Å². The zero-order valence-corrected chi connectivity index (χ0v) is 10.0. The Morgan fingerprint density at radius 2 is 1.50 bits per heavy atom. The van der Waals surface area contributed by atoms with Crippen molar-refractivity contribution in [2.75, 3.05) is 21.3 Å². The van der Waals surface area contributed by atoms with Gasteiger partial charge in [0.1, 0.15) is 0 Å². The van der Waals surface area contributed by atoms with Gasteiger partial charge >= 0.3 is 15.0 Å². The third-order valence-electron chi connectivity index (χ3n) is 1.45. The highest BCUT2D eigenvalue weighted by Crippen LogP contribution is 2.09. The van der Waals surface area contributed by atoms with Crippen molar-refractivity contribution in [1.29, 1.82) is 0 Å². The van der Waals surface area contributed by atoms with Crippen LogP contribution in [0.4, 0.5) is 0 Å². The molecule has 6 nitrogen and oxygen atoms in total. The first kappa shape index (κ1) is 13.5. The van der Waals surface area contributed by atoms with Crippen LogP contribution in [0.2, 0.25) is 0 Å². The van der Waals surface area contributed by atoms with Crippen molar-refractivity contribution in [1.82, 2.24) is 0 Å². The van der Waals surface area contributed by atoms with Gasteiger partial charge < -0.3 is 18.2 Å². The van der Waals surface area contributed by atoms with Crippen molar-refractivity contribution in [2.24, 2.45) is 5.92 Å². The summed E-state index contributed by atoms with van der Waals surface area (Å²) in [6, 6.07) is 0. The van der Waals surface area contributed by atoms with E-state index < -0.39 is 15.0 Å². The standard InChI is InChI=1S/C7H16O6Si/c1-6(2)7(8)12-13-14(9-3,10-4)11-5/h6H,1-5H3. The lowest BCUT2D eigenvalue weighted by Gasteiger charge is -2.20. The molecule has 0 aliphatic rings. The maximum absolute atomic E-state index is 11.0. The predicted molar refractivity (Wildman–Crippen MR) is 48.8 cm³/mol. The molecule has 14 heavy (non-hydrogen) atoms. The molecule has 0 amide bonds. The van der Waals surface area contributed by atoms with Crippen molar-refractivity contribution in [3.05, 3.63) is 0 Å². The quantitative estimate of drug-likeness (QED) is 0.372. The highest BCUT2D eigenvalue weighted by Gasteiger charge is 2.46. The van der Waals surface area contributed by atoms with Gasteiger partial charge in [-0.25, -0.2) is 4.79 Å². The largest absolute Gasteiger partial charge is 0.716 e. The highest BCUT2D eigenvalue weighted by molar-refractivity contribution is 6.53. The lowest BCUT2D eigenvalue weighted by molar-refractivity contribution is -0.257. The summed E-state index contributed by atoms with van der Waals surface area (Å²) in [6.45, 7) is 3.36. The molecule has 0 aliphatic heterocycles. The number of hydrogen-bond acceptors (Lipinski definition) is 6. The Hall–Kier alpha value is -0.473. The van der Waals surface area contributed by atoms with E-state index in [1.165, 1.54) is 21.3 Å². The Kier molecular flexibility index (Phi) is 5.89. The molecule has 0 unspecified atom stereocenters. The molecule has 0 radical (unpaired) electrons. The van der Waals surface area contributed by atoms with E-state index in [0.29, 0.717) is 0 Å². The average molecular weight is 224 g/mol. The number of carbonyl (C=O) groups excluding carboxylic acids is 1. The van der Waals surface area contributed by atoms with Gasteiger partial charge in [0.2, 0.25) is 0 Å². The SMILES string of the molecule is CO[Si](OC)(OC)OOC(=O)C(C)C. The van der Waals surface area contributed by atoms with Crippen LogP contribution < -0.4 is 0 Å². The molecule has 0 saturated heterocycles. The van der Waals surface area contributed by atoms with Crippen LogP contribution in [0.3, 0.4) is 0 Å². The van der Waals surface area contributed by atoms with E-state index in [4.69, 9.17) is 17.9 Å². The van der Waals surface area contributed by atoms with Gasteiger partial charge in [-0.2, -0.15) is 0 Å². The van der Waals surface area contributed by atoms with Crippen molar-refractivity contribution in [3.63, 3.8) is 0 Å². The highest BCUT2D eigenvalue weighted by atomic mass is 28.4. The molecule has 7 heteroatoms. The summed E-state index contributed by atoms with van der Waals surface area (Å²) in [5.41, 5.74) is 0. The first-order valence-electron chi connectivity index (χ1n) is 4.06. The maximum atomic E-state index is 11.0. The Labute approximate surface area is 84.5 Å². The fourth-order valence-corrected chi connectivity index (χ4v) is 1.43. The molecule has 0 aliphatic carbocycles. The fourth-order valence-electron chi connectivity index (χ4n) is 0.540. The van der Waals surface area contributed by atoms with Gasteiger partial charge in [-0.05, 0) is 0 Å². The van der Waals surface area contributed by atoms with Crippen LogP contribution in [0.1, 0.15) is 13.8 Å². The summed E-state index contributed by atoms with van der Waals surface area (Å²) in [7, 11) is 0.780. The van der Waals surface area contributed by atoms with Gasteiger partial charge in [0.15, 0.2) is 0 Å². The average Bonchev–Trinajstić information content (AvgIpc) is 2.20. The Bertz CT molecular complexity index is 171. The van der Waals surface area contributed by atoms with E-state index in [0.717, 1.165) is 0 Å². The van der Waals surface area contributed by atoms with Gasteiger partial charge in [0, 0.05) is 21.3 Å². The van der Waals surface area contributed by atoms with Gasteiger partial charge in [0.25, 0.3) is 0 Å². The van der Waals surface area contributed by atoms with E-state index in [1.54, 1.807) is 13.8 Å². The van der Waals surface area contributed by atoms with E-state index in [1.807, 2.05) is 0 Å². The lowest BCUT2D eigenvalue weighted by Crippen LogP contribution is -2.47. The molecule has 0 N–H and O–H groups in total. The second-order valence-electron chi connectivity index (χ2n) is 2.75. The van der Waals surface area contributed by atoms with Crippen molar-refractivity contribution >= 4 is 15.0 Å². The molecule has 0 aromatic rings. The molecular formula is C7H16O6Si. The summed E-state index contributed by atoms with van der Waals surface area (Å²) in [5, 5.41) is 0. The maximum Gasteiger partial charge on any atom is 0.716 e. The summed E-state index contributed by atoms with van der Waals surface area (Å²) in [6.07, 6.45) is 0. The summed E-state index contributed by atoms with van der Waals surface area (Å²) < 4.78 is 19.3. The van der Waals surface area contributed by atoms with Crippen molar-refractivity contribution in [2.45, 2.75) is 13.8 Å². The summed E-state index contributed by atoms with van der Waals surface area (Å²) in [5.74, 6) is -0.791. The van der Waals surface area contributed by atoms with Crippen molar-refractivity contribution < 1.29 is 27.5 Å². The van der Waals surface area contributed by atoms with Gasteiger partial charge in [0.05, 0.1) is 5.92 Å². The Morgan fingerprint density at radius 3 is 1.79 bits per heavy atom. The zero-order valence-electron chi connectivity index (χ0n) is 9.03. The van der Waals surface area contributed by atoms with Gasteiger partial charge in [-0.3, -0.25) is 0 Å². The third kappa shape index (κ3) is 3.72. The first-order chi connectivity index (χ1) is 6.51. The van der Waals surface area contributed by atoms with E-state index in [2.05, 4.69) is 4.89 Å². The topological polar surface area (TPSA) is 63.2 Å². The molecule has 0 saturated carbocycles. The third-order valence-corrected chi connectivity index (χ3v) is 3.23. The molecular weight excluding hydrogens is 208 g/mol. The van der Waals surface area contributed by atoms with Crippen LogP contribution in [0.15, 0.2) is 0 Å². The molecule has 84 valence electrons. The molecule has 0 bridgehead atoms. The number of hydrogen-bond donors (Lipinski definition) is 0. The minimum absolute atomic E-state index is 0.285. The predicted octanol–water partition coefficient (Wildman–Crippen LogP) is 0.492. The minimum atomic E-state index is -3.27. The second-order valence-corrected chi connectivity index (χ2v) is 5.14. The van der Waals surface area contributed by atoms with Crippen LogP contribution >= 0.6 is 0 Å². The van der Waals surface area contributed by atoms with Crippen LogP contribution in [0.25, 0.3) is 0 Å². The zero-order chi connectivity index (χ0) is 11.2. The van der Waals surface area contributed by atoms with Gasteiger partial charge in [-0.1, -0.05) is 13.8 Å². The van der Waals surface area contributed by atoms with E-state index in [9.17, 15) is 4.79 Å². The molecule has 0 atom stereocenters. The lowest BCUT2D eigenvalue weighted by atomic mass is 10.2. The smallest absolute Gasteiger partial charge is 0.353 e. The summed E-state index contributed by atoms with van der Waals surface area (Å²) >= 11 is 0.